The Morgan fingerprint density at radius 1 is 0.321 bits per heavy atom. The van der Waals surface area contributed by atoms with Crippen molar-refractivity contribution in [1.29, 1.82) is 0 Å². The first-order chi connectivity index (χ1) is 27.7. The fourth-order valence-corrected chi connectivity index (χ4v) is 7.76. The van der Waals surface area contributed by atoms with Gasteiger partial charge in [-0.25, -0.2) is 19.9 Å². The van der Waals surface area contributed by atoms with Crippen LogP contribution in [0.5, 0.6) is 0 Å². The lowest BCUT2D eigenvalue weighted by Gasteiger charge is -2.14. The second kappa shape index (κ2) is 13.0. The molecule has 4 heterocycles. The molecule has 0 fully saturated rings. The molecule has 6 nitrogen and oxygen atoms in total. The molecule has 0 saturated carbocycles. The molecule has 4 aromatic heterocycles. The van der Waals surface area contributed by atoms with Gasteiger partial charge in [0.25, 0.3) is 0 Å². The zero-order valence-electron chi connectivity index (χ0n) is 29.9. The van der Waals surface area contributed by atoms with Crippen molar-refractivity contribution in [3.63, 3.8) is 0 Å². The standard InChI is InChI=1S/C50H30N4O2/c1-2-12-31(13-3-1)50-53-43(32-14-8-15-33(26-32)49-51-24-11-25-52-49)30-44(54-50)36-28-34(37-18-9-20-41-39-16-4-6-22-45(39)55-47(37)41)27-35(29-36)38-19-10-21-42-40-17-5-7-23-46(40)56-48(38)42/h1-30H. The summed E-state index contributed by atoms with van der Waals surface area (Å²) < 4.78 is 13.2. The molecule has 6 heteroatoms. The molecule has 0 saturated heterocycles. The third-order valence-electron chi connectivity index (χ3n) is 10.4. The van der Waals surface area contributed by atoms with Crippen molar-refractivity contribution in [1.82, 2.24) is 19.9 Å². The Labute approximate surface area is 321 Å². The minimum absolute atomic E-state index is 0.630. The third kappa shape index (κ3) is 5.43. The van der Waals surface area contributed by atoms with E-state index in [9.17, 15) is 0 Å². The second-order valence-corrected chi connectivity index (χ2v) is 13.8. The van der Waals surface area contributed by atoms with E-state index in [2.05, 4.69) is 107 Å². The predicted molar refractivity (Wildman–Crippen MR) is 225 cm³/mol. The van der Waals surface area contributed by atoms with Crippen LogP contribution >= 0.6 is 0 Å². The normalized spacial score (nSPS) is 11.6. The summed E-state index contributed by atoms with van der Waals surface area (Å²) in [5, 5.41) is 4.32. The molecule has 7 aromatic carbocycles. The van der Waals surface area contributed by atoms with E-state index in [1.165, 1.54) is 0 Å². The van der Waals surface area contributed by atoms with E-state index in [-0.39, 0.29) is 0 Å². The monoisotopic (exact) mass is 718 g/mol. The maximum Gasteiger partial charge on any atom is 0.160 e. The van der Waals surface area contributed by atoms with Crippen LogP contribution in [0.15, 0.2) is 191 Å². The van der Waals surface area contributed by atoms with Gasteiger partial charge < -0.3 is 8.83 Å². The predicted octanol–water partition coefficient (Wildman–Crippen LogP) is 13.1. The lowest BCUT2D eigenvalue weighted by atomic mass is 9.93. The second-order valence-electron chi connectivity index (χ2n) is 13.8. The van der Waals surface area contributed by atoms with Gasteiger partial charge in [-0.2, -0.15) is 0 Å². The molecule has 0 aliphatic rings. The van der Waals surface area contributed by atoms with Gasteiger partial charge in [0, 0.05) is 67.3 Å². The fourth-order valence-electron chi connectivity index (χ4n) is 7.76. The van der Waals surface area contributed by atoms with Crippen LogP contribution in [0.1, 0.15) is 0 Å². The first-order valence-corrected chi connectivity index (χ1v) is 18.5. The largest absolute Gasteiger partial charge is 0.455 e. The molecule has 262 valence electrons. The number of rotatable bonds is 6. The van der Waals surface area contributed by atoms with E-state index >= 15 is 0 Å². The summed E-state index contributed by atoms with van der Waals surface area (Å²) in [6.07, 6.45) is 3.52. The third-order valence-corrected chi connectivity index (χ3v) is 10.4. The highest BCUT2D eigenvalue weighted by Crippen LogP contribution is 2.42. The van der Waals surface area contributed by atoms with Crippen LogP contribution in [0.3, 0.4) is 0 Å². The van der Waals surface area contributed by atoms with Crippen molar-refractivity contribution >= 4 is 43.9 Å². The number of furan rings is 2. The molecule has 56 heavy (non-hydrogen) atoms. The fraction of sp³-hybridized carbons (Fsp3) is 0. The molecule has 0 atom stereocenters. The van der Waals surface area contributed by atoms with Crippen molar-refractivity contribution in [2.75, 3.05) is 0 Å². The van der Waals surface area contributed by atoms with E-state index < -0.39 is 0 Å². The van der Waals surface area contributed by atoms with Gasteiger partial charge in [0.05, 0.1) is 11.4 Å². The maximum atomic E-state index is 6.59. The van der Waals surface area contributed by atoms with Gasteiger partial charge in [0.1, 0.15) is 22.3 Å². The number of benzene rings is 7. The van der Waals surface area contributed by atoms with E-state index in [1.54, 1.807) is 12.4 Å². The van der Waals surface area contributed by atoms with E-state index in [4.69, 9.17) is 18.8 Å². The molecule has 0 amide bonds. The number of fused-ring (bicyclic) bond motifs is 6. The maximum absolute atomic E-state index is 6.59. The molecule has 0 spiro atoms. The molecule has 0 bridgehead atoms. The summed E-state index contributed by atoms with van der Waals surface area (Å²) in [4.78, 5) is 19.4. The Balaban J connectivity index is 1.17. The number of hydrogen-bond donors (Lipinski definition) is 0. The van der Waals surface area contributed by atoms with E-state index in [0.29, 0.717) is 11.6 Å². The number of hydrogen-bond acceptors (Lipinski definition) is 6. The average Bonchev–Trinajstić information content (AvgIpc) is 3.86. The van der Waals surface area contributed by atoms with Gasteiger partial charge in [-0.1, -0.05) is 121 Å². The van der Waals surface area contributed by atoms with Crippen LogP contribution in [0.25, 0.3) is 111 Å². The highest BCUT2D eigenvalue weighted by molar-refractivity contribution is 6.11. The minimum Gasteiger partial charge on any atom is -0.455 e. The van der Waals surface area contributed by atoms with Gasteiger partial charge in [0.2, 0.25) is 0 Å². The molecule has 0 unspecified atom stereocenters. The highest BCUT2D eigenvalue weighted by atomic mass is 16.3. The Bertz CT molecular complexity index is 3130. The summed E-state index contributed by atoms with van der Waals surface area (Å²) in [6.45, 7) is 0. The highest BCUT2D eigenvalue weighted by Gasteiger charge is 2.19. The van der Waals surface area contributed by atoms with Crippen LogP contribution in [-0.2, 0) is 0 Å². The zero-order chi connectivity index (χ0) is 37.0. The van der Waals surface area contributed by atoms with Crippen LogP contribution in [-0.4, -0.2) is 19.9 Å². The molecule has 0 aliphatic carbocycles. The quantitative estimate of drug-likeness (QED) is 0.170. The first-order valence-electron chi connectivity index (χ1n) is 18.5. The number of nitrogens with zero attached hydrogens (tertiary/aromatic N) is 4. The molecular formula is C50H30N4O2. The molecule has 0 N–H and O–H groups in total. The minimum atomic E-state index is 0.630. The summed E-state index contributed by atoms with van der Waals surface area (Å²) in [5.41, 5.74) is 12.7. The SMILES string of the molecule is c1ccc(-c2nc(-c3cccc(-c4ncccn4)c3)cc(-c3cc(-c4cccc5c4oc4ccccc45)cc(-c4cccc5c4oc4ccccc45)c3)n2)cc1. The lowest BCUT2D eigenvalue weighted by molar-refractivity contribution is 0.670. The van der Waals surface area contributed by atoms with E-state index in [0.717, 1.165) is 99.8 Å². The molecule has 11 rings (SSSR count). The first kappa shape index (κ1) is 31.8. The Morgan fingerprint density at radius 3 is 1.45 bits per heavy atom. The van der Waals surface area contributed by atoms with Crippen molar-refractivity contribution < 1.29 is 8.83 Å². The van der Waals surface area contributed by atoms with Crippen molar-refractivity contribution in [2.24, 2.45) is 0 Å². The van der Waals surface area contributed by atoms with Crippen molar-refractivity contribution in [3.8, 4) is 67.5 Å². The Hall–Kier alpha value is -7.70. The summed E-state index contributed by atoms with van der Waals surface area (Å²) in [6, 6.07) is 58.0. The Morgan fingerprint density at radius 2 is 0.804 bits per heavy atom. The van der Waals surface area contributed by atoms with E-state index in [1.807, 2.05) is 72.8 Å². The van der Waals surface area contributed by atoms with Crippen molar-refractivity contribution in [3.05, 3.63) is 182 Å². The van der Waals surface area contributed by atoms with Crippen LogP contribution in [0, 0.1) is 0 Å². The van der Waals surface area contributed by atoms with Crippen LogP contribution in [0.4, 0.5) is 0 Å². The van der Waals surface area contributed by atoms with Gasteiger partial charge in [-0.15, -0.1) is 0 Å². The summed E-state index contributed by atoms with van der Waals surface area (Å²) in [7, 11) is 0. The summed E-state index contributed by atoms with van der Waals surface area (Å²) >= 11 is 0. The van der Waals surface area contributed by atoms with Crippen molar-refractivity contribution in [2.45, 2.75) is 0 Å². The molecule has 0 aliphatic heterocycles. The van der Waals surface area contributed by atoms with Crippen LogP contribution in [0.2, 0.25) is 0 Å². The molecular weight excluding hydrogens is 689 g/mol. The van der Waals surface area contributed by atoms with Gasteiger partial charge in [-0.05, 0) is 59.7 Å². The van der Waals surface area contributed by atoms with Gasteiger partial charge >= 0.3 is 0 Å². The Kier molecular flexibility index (Phi) is 7.38. The molecule has 0 radical (unpaired) electrons. The number of aromatic nitrogens is 4. The zero-order valence-corrected chi connectivity index (χ0v) is 29.9. The van der Waals surface area contributed by atoms with Gasteiger partial charge in [0.15, 0.2) is 11.6 Å². The topological polar surface area (TPSA) is 77.8 Å². The van der Waals surface area contributed by atoms with Crippen LogP contribution < -0.4 is 0 Å². The summed E-state index contributed by atoms with van der Waals surface area (Å²) in [5.74, 6) is 1.29. The lowest BCUT2D eigenvalue weighted by Crippen LogP contribution is -1.97. The molecule has 11 aromatic rings. The smallest absolute Gasteiger partial charge is 0.160 e. The van der Waals surface area contributed by atoms with Gasteiger partial charge in [-0.3, -0.25) is 0 Å². The number of para-hydroxylation sites is 4. The average molecular weight is 719 g/mol.